The van der Waals surface area contributed by atoms with E-state index < -0.39 is 0 Å². The number of hydrogen-bond acceptors (Lipinski definition) is 3. The summed E-state index contributed by atoms with van der Waals surface area (Å²) < 4.78 is 0. The summed E-state index contributed by atoms with van der Waals surface area (Å²) >= 11 is 2.06. The molecule has 1 fully saturated rings. The Balaban J connectivity index is 1.82. The third kappa shape index (κ3) is 2.49. The van der Waals surface area contributed by atoms with Crippen molar-refractivity contribution in [2.45, 2.75) is 31.2 Å². The van der Waals surface area contributed by atoms with Crippen molar-refractivity contribution in [2.24, 2.45) is 0 Å². The molecule has 0 saturated carbocycles. The number of aromatic nitrogens is 1. The molecule has 2 atom stereocenters. The maximum atomic E-state index is 4.10. The Morgan fingerprint density at radius 1 is 1.64 bits per heavy atom. The fourth-order valence-electron chi connectivity index (χ4n) is 1.75. The molecule has 2 nitrogen and oxygen atoms in total. The van der Waals surface area contributed by atoms with Crippen molar-refractivity contribution < 1.29 is 0 Å². The lowest BCUT2D eigenvalue weighted by molar-refractivity contribution is 0.512. The largest absolute Gasteiger partial charge is 0.309 e. The zero-order chi connectivity index (χ0) is 9.80. The minimum absolute atomic E-state index is 0.681. The highest BCUT2D eigenvalue weighted by molar-refractivity contribution is 8.00. The molecular formula is C11H16N2S. The zero-order valence-corrected chi connectivity index (χ0v) is 9.26. The second kappa shape index (κ2) is 4.80. The van der Waals surface area contributed by atoms with Gasteiger partial charge in [-0.1, -0.05) is 13.0 Å². The Morgan fingerprint density at radius 3 is 3.21 bits per heavy atom. The average molecular weight is 208 g/mol. The molecule has 1 aromatic heterocycles. The molecule has 14 heavy (non-hydrogen) atoms. The van der Waals surface area contributed by atoms with Gasteiger partial charge >= 0.3 is 0 Å². The molecule has 3 heteroatoms. The fraction of sp³-hybridized carbons (Fsp3) is 0.545. The van der Waals surface area contributed by atoms with Crippen LogP contribution in [0.5, 0.6) is 0 Å². The van der Waals surface area contributed by atoms with Crippen LogP contribution in [0, 0.1) is 0 Å². The number of nitrogens with zero attached hydrogens (tertiary/aromatic N) is 1. The van der Waals surface area contributed by atoms with Gasteiger partial charge in [0.2, 0.25) is 0 Å². The molecule has 76 valence electrons. The van der Waals surface area contributed by atoms with E-state index in [-0.39, 0.29) is 0 Å². The van der Waals surface area contributed by atoms with Crippen molar-refractivity contribution in [1.82, 2.24) is 10.3 Å². The maximum absolute atomic E-state index is 4.10. The molecule has 0 bridgehead atoms. The molecule has 1 aliphatic heterocycles. The predicted octanol–water partition coefficient (Wildman–Crippen LogP) is 2.07. The van der Waals surface area contributed by atoms with Gasteiger partial charge in [-0.2, -0.15) is 11.8 Å². The van der Waals surface area contributed by atoms with Crippen LogP contribution in [-0.4, -0.2) is 22.0 Å². The molecule has 2 unspecified atom stereocenters. The normalized spacial score (nSPS) is 26.6. The third-order valence-corrected chi connectivity index (χ3v) is 3.99. The Morgan fingerprint density at radius 2 is 2.57 bits per heavy atom. The SMILES string of the molecule is CC1SCCC1NCc1cccnc1. The van der Waals surface area contributed by atoms with Gasteiger partial charge in [-0.3, -0.25) is 4.98 Å². The Hall–Kier alpha value is -0.540. The van der Waals surface area contributed by atoms with Crippen LogP contribution in [-0.2, 0) is 6.54 Å². The van der Waals surface area contributed by atoms with Crippen molar-refractivity contribution in [3.8, 4) is 0 Å². The molecule has 0 radical (unpaired) electrons. The Kier molecular flexibility index (Phi) is 3.43. The molecular weight excluding hydrogens is 192 g/mol. The minimum atomic E-state index is 0.681. The summed E-state index contributed by atoms with van der Waals surface area (Å²) in [6.07, 6.45) is 5.05. The third-order valence-electron chi connectivity index (χ3n) is 2.67. The lowest BCUT2D eigenvalue weighted by Crippen LogP contribution is -2.32. The van der Waals surface area contributed by atoms with Crippen LogP contribution in [0.15, 0.2) is 24.5 Å². The standard InChI is InChI=1S/C11H16N2S/c1-9-11(4-6-14-9)13-8-10-3-2-5-12-7-10/h2-3,5,7,9,11,13H,4,6,8H2,1H3. The van der Waals surface area contributed by atoms with Gasteiger partial charge in [0.25, 0.3) is 0 Å². The maximum Gasteiger partial charge on any atom is 0.0312 e. The van der Waals surface area contributed by atoms with Gasteiger partial charge in [-0.05, 0) is 23.8 Å². The number of thioether (sulfide) groups is 1. The summed E-state index contributed by atoms with van der Waals surface area (Å²) in [5.41, 5.74) is 1.27. The van der Waals surface area contributed by atoms with E-state index in [0.29, 0.717) is 6.04 Å². The van der Waals surface area contributed by atoms with E-state index in [0.717, 1.165) is 11.8 Å². The van der Waals surface area contributed by atoms with Crippen molar-refractivity contribution in [3.05, 3.63) is 30.1 Å². The summed E-state index contributed by atoms with van der Waals surface area (Å²) in [4.78, 5) is 4.10. The molecule has 0 aliphatic carbocycles. The summed E-state index contributed by atoms with van der Waals surface area (Å²) in [5, 5.41) is 4.34. The fourth-order valence-corrected chi connectivity index (χ4v) is 2.98. The van der Waals surface area contributed by atoms with E-state index in [1.807, 2.05) is 18.5 Å². The molecule has 1 aromatic rings. The van der Waals surface area contributed by atoms with Crippen LogP contribution in [0.2, 0.25) is 0 Å². The Bertz CT molecular complexity index is 276. The second-order valence-electron chi connectivity index (χ2n) is 3.71. The molecule has 1 N–H and O–H groups in total. The van der Waals surface area contributed by atoms with E-state index in [1.54, 1.807) is 0 Å². The van der Waals surface area contributed by atoms with E-state index in [2.05, 4.69) is 35.1 Å². The van der Waals surface area contributed by atoms with E-state index in [4.69, 9.17) is 0 Å². The van der Waals surface area contributed by atoms with Gasteiger partial charge in [0.1, 0.15) is 0 Å². The van der Waals surface area contributed by atoms with E-state index in [1.165, 1.54) is 17.7 Å². The smallest absolute Gasteiger partial charge is 0.0312 e. The van der Waals surface area contributed by atoms with Crippen LogP contribution < -0.4 is 5.32 Å². The van der Waals surface area contributed by atoms with E-state index in [9.17, 15) is 0 Å². The summed E-state index contributed by atoms with van der Waals surface area (Å²) in [6.45, 7) is 3.25. The van der Waals surface area contributed by atoms with Gasteiger partial charge in [0, 0.05) is 30.2 Å². The average Bonchev–Trinajstić information content (AvgIpc) is 2.63. The first-order valence-corrected chi connectivity index (χ1v) is 6.15. The summed E-state index contributed by atoms with van der Waals surface area (Å²) in [5.74, 6) is 1.30. The molecule has 0 amide bonds. The highest BCUT2D eigenvalue weighted by Crippen LogP contribution is 2.26. The van der Waals surface area contributed by atoms with Crippen molar-refractivity contribution in [1.29, 1.82) is 0 Å². The predicted molar refractivity (Wildman–Crippen MR) is 61.4 cm³/mol. The number of pyridine rings is 1. The quantitative estimate of drug-likeness (QED) is 0.823. The van der Waals surface area contributed by atoms with Gasteiger partial charge in [-0.25, -0.2) is 0 Å². The highest BCUT2D eigenvalue weighted by atomic mass is 32.2. The van der Waals surface area contributed by atoms with Crippen molar-refractivity contribution >= 4 is 11.8 Å². The monoisotopic (exact) mass is 208 g/mol. The Labute approximate surface area is 89.5 Å². The van der Waals surface area contributed by atoms with Crippen LogP contribution in [0.4, 0.5) is 0 Å². The molecule has 2 rings (SSSR count). The first-order valence-electron chi connectivity index (χ1n) is 5.10. The molecule has 0 spiro atoms. The lowest BCUT2D eigenvalue weighted by Gasteiger charge is -2.16. The van der Waals surface area contributed by atoms with E-state index >= 15 is 0 Å². The van der Waals surface area contributed by atoms with Gasteiger partial charge in [-0.15, -0.1) is 0 Å². The molecule has 1 aliphatic rings. The van der Waals surface area contributed by atoms with Gasteiger partial charge in [0.15, 0.2) is 0 Å². The van der Waals surface area contributed by atoms with Crippen LogP contribution in [0.1, 0.15) is 18.9 Å². The lowest BCUT2D eigenvalue weighted by atomic mass is 10.1. The van der Waals surface area contributed by atoms with Crippen LogP contribution >= 0.6 is 11.8 Å². The summed E-state index contributed by atoms with van der Waals surface area (Å²) in [6, 6.07) is 4.79. The number of hydrogen-bond donors (Lipinski definition) is 1. The molecule has 2 heterocycles. The van der Waals surface area contributed by atoms with Crippen LogP contribution in [0.3, 0.4) is 0 Å². The molecule has 0 aromatic carbocycles. The highest BCUT2D eigenvalue weighted by Gasteiger charge is 2.22. The number of rotatable bonds is 3. The minimum Gasteiger partial charge on any atom is -0.309 e. The topological polar surface area (TPSA) is 24.9 Å². The van der Waals surface area contributed by atoms with Gasteiger partial charge in [0.05, 0.1) is 0 Å². The van der Waals surface area contributed by atoms with Gasteiger partial charge < -0.3 is 5.32 Å². The first-order chi connectivity index (χ1) is 6.86. The summed E-state index contributed by atoms with van der Waals surface area (Å²) in [7, 11) is 0. The second-order valence-corrected chi connectivity index (χ2v) is 5.20. The zero-order valence-electron chi connectivity index (χ0n) is 8.44. The van der Waals surface area contributed by atoms with Crippen LogP contribution in [0.25, 0.3) is 0 Å². The number of nitrogens with one attached hydrogen (secondary N) is 1. The van der Waals surface area contributed by atoms with Crippen molar-refractivity contribution in [3.63, 3.8) is 0 Å². The first kappa shape index (κ1) is 9.99. The molecule has 1 saturated heterocycles. The van der Waals surface area contributed by atoms with Crippen molar-refractivity contribution in [2.75, 3.05) is 5.75 Å².